The number of fused-ring (bicyclic) bond motifs is 3. The predicted octanol–water partition coefficient (Wildman–Crippen LogP) is 4.19. The van der Waals surface area contributed by atoms with Crippen LogP contribution in [0.5, 0.6) is 0 Å². The number of aliphatic hydroxyl groups is 1. The van der Waals surface area contributed by atoms with E-state index < -0.39 is 34.8 Å². The van der Waals surface area contributed by atoms with E-state index in [0.717, 1.165) is 29.1 Å². The fourth-order valence-electron chi connectivity index (χ4n) is 4.16. The van der Waals surface area contributed by atoms with Crippen LogP contribution in [0.3, 0.4) is 0 Å². The van der Waals surface area contributed by atoms with Gasteiger partial charge in [0.2, 0.25) is 5.78 Å². The lowest BCUT2D eigenvalue weighted by atomic mass is 9.77. The quantitative estimate of drug-likeness (QED) is 0.434. The van der Waals surface area contributed by atoms with Gasteiger partial charge in [-0.3, -0.25) is 4.79 Å². The number of esters is 1. The molecular weight excluding hydrogens is 467 g/mol. The highest BCUT2D eigenvalue weighted by Gasteiger charge is 2.47. The molecule has 0 spiro atoms. The summed E-state index contributed by atoms with van der Waals surface area (Å²) in [5.74, 6) is -4.64. The Labute approximate surface area is 195 Å². The van der Waals surface area contributed by atoms with Crippen LogP contribution in [0.2, 0.25) is 0 Å². The molecule has 35 heavy (non-hydrogen) atoms. The van der Waals surface area contributed by atoms with Gasteiger partial charge in [0, 0.05) is 17.2 Å². The standard InChI is InChI=1S/C24H16F3N3O5/c1-3-34-23(32)20-14(10-28-30(20)13-8-11(25)7-12(26)9-13)21-18-19(29-35-21)17-15(5-4-6-16(17)27)24(2,33)22(18)31/h4-10,33H,3H2,1-2H3. The van der Waals surface area contributed by atoms with Gasteiger partial charge in [-0.1, -0.05) is 17.3 Å². The highest BCUT2D eigenvalue weighted by atomic mass is 19.1. The number of hydrogen-bond acceptors (Lipinski definition) is 7. The van der Waals surface area contributed by atoms with Gasteiger partial charge in [-0.05, 0) is 32.0 Å². The molecule has 0 saturated carbocycles. The number of halogens is 3. The molecule has 178 valence electrons. The number of nitrogens with zero attached hydrogens (tertiary/aromatic N) is 3. The number of ether oxygens (including phenoxy) is 1. The van der Waals surface area contributed by atoms with Crippen molar-refractivity contribution in [3.63, 3.8) is 0 Å². The minimum absolute atomic E-state index is 0.00592. The van der Waals surface area contributed by atoms with Crippen molar-refractivity contribution in [3.05, 3.63) is 76.9 Å². The van der Waals surface area contributed by atoms with Crippen molar-refractivity contribution in [1.82, 2.24) is 14.9 Å². The lowest BCUT2D eigenvalue weighted by molar-refractivity contribution is 0.0386. The molecule has 4 aromatic rings. The number of benzene rings is 2. The van der Waals surface area contributed by atoms with Gasteiger partial charge in [0.25, 0.3) is 0 Å². The molecule has 5 rings (SSSR count). The Hall–Kier alpha value is -4.25. The first kappa shape index (κ1) is 22.5. The van der Waals surface area contributed by atoms with E-state index in [1.807, 2.05) is 0 Å². The Kier molecular flexibility index (Phi) is 5.09. The minimum Gasteiger partial charge on any atom is -0.461 e. The minimum atomic E-state index is -2.13. The highest BCUT2D eigenvalue weighted by Crippen LogP contribution is 2.46. The maximum atomic E-state index is 14.8. The Bertz CT molecular complexity index is 1500. The molecule has 0 bridgehead atoms. The van der Waals surface area contributed by atoms with Crippen LogP contribution in [0.4, 0.5) is 13.2 Å². The van der Waals surface area contributed by atoms with Crippen LogP contribution in [-0.4, -0.2) is 38.4 Å². The van der Waals surface area contributed by atoms with Crippen molar-refractivity contribution in [2.45, 2.75) is 19.4 Å². The topological polar surface area (TPSA) is 107 Å². The van der Waals surface area contributed by atoms with Gasteiger partial charge in [-0.2, -0.15) is 5.10 Å². The molecule has 2 aromatic heterocycles. The number of ketones is 1. The zero-order chi connectivity index (χ0) is 25.1. The fourth-order valence-corrected chi connectivity index (χ4v) is 4.16. The molecule has 11 heteroatoms. The van der Waals surface area contributed by atoms with Gasteiger partial charge in [0.05, 0.1) is 29.6 Å². The molecule has 2 aromatic carbocycles. The van der Waals surface area contributed by atoms with E-state index in [-0.39, 0.29) is 51.7 Å². The number of carbonyl (C=O) groups is 2. The third-order valence-corrected chi connectivity index (χ3v) is 5.71. The molecule has 0 saturated heterocycles. The second-order valence-corrected chi connectivity index (χ2v) is 7.97. The summed E-state index contributed by atoms with van der Waals surface area (Å²) in [6.45, 7) is 2.72. The third kappa shape index (κ3) is 3.35. The maximum Gasteiger partial charge on any atom is 0.357 e. The molecule has 2 heterocycles. The van der Waals surface area contributed by atoms with Gasteiger partial charge >= 0.3 is 5.97 Å². The van der Waals surface area contributed by atoms with E-state index in [2.05, 4.69) is 10.3 Å². The van der Waals surface area contributed by atoms with Gasteiger partial charge < -0.3 is 14.4 Å². The third-order valence-electron chi connectivity index (χ3n) is 5.71. The van der Waals surface area contributed by atoms with Gasteiger partial charge in [-0.15, -0.1) is 0 Å². The number of rotatable bonds is 4. The summed E-state index contributed by atoms with van der Waals surface area (Å²) < 4.78 is 53.9. The maximum absolute atomic E-state index is 14.8. The monoisotopic (exact) mass is 483 g/mol. The summed E-state index contributed by atoms with van der Waals surface area (Å²) in [5.41, 5.74) is -3.25. The second-order valence-electron chi connectivity index (χ2n) is 7.97. The summed E-state index contributed by atoms with van der Waals surface area (Å²) in [4.78, 5) is 26.2. The van der Waals surface area contributed by atoms with Gasteiger partial charge in [0.15, 0.2) is 17.1 Å². The lowest BCUT2D eigenvalue weighted by Crippen LogP contribution is -2.36. The van der Waals surface area contributed by atoms with Crippen LogP contribution in [0.15, 0.2) is 47.1 Å². The molecule has 1 aliphatic carbocycles. The zero-order valence-corrected chi connectivity index (χ0v) is 18.3. The van der Waals surface area contributed by atoms with Gasteiger partial charge in [-0.25, -0.2) is 22.6 Å². The molecule has 1 atom stereocenters. The summed E-state index contributed by atoms with van der Waals surface area (Å²) in [6, 6.07) is 6.43. The Balaban J connectivity index is 1.78. The zero-order valence-electron chi connectivity index (χ0n) is 18.3. The van der Waals surface area contributed by atoms with Crippen molar-refractivity contribution in [2.75, 3.05) is 6.61 Å². The summed E-state index contributed by atoms with van der Waals surface area (Å²) in [7, 11) is 0. The largest absolute Gasteiger partial charge is 0.461 e. The van der Waals surface area contributed by atoms with E-state index in [4.69, 9.17) is 9.26 Å². The van der Waals surface area contributed by atoms with E-state index >= 15 is 0 Å². The first-order chi connectivity index (χ1) is 16.6. The second kappa shape index (κ2) is 7.91. The van der Waals surface area contributed by atoms with Crippen LogP contribution in [0, 0.1) is 17.5 Å². The molecule has 0 aliphatic heterocycles. The molecular formula is C24H16F3N3O5. The SMILES string of the molecule is CCOC(=O)c1c(-c2onc3c2C(=O)C(C)(O)c2cccc(F)c2-3)cnn1-c1cc(F)cc(F)c1. The molecule has 1 unspecified atom stereocenters. The lowest BCUT2D eigenvalue weighted by Gasteiger charge is -2.28. The Morgan fingerprint density at radius 2 is 1.89 bits per heavy atom. The number of Topliss-reactive ketones (excluding diaryl/α,β-unsaturated/α-hetero) is 1. The smallest absolute Gasteiger partial charge is 0.357 e. The first-order valence-electron chi connectivity index (χ1n) is 10.4. The fraction of sp³-hybridized carbons (Fsp3) is 0.167. The molecule has 0 amide bonds. The van der Waals surface area contributed by atoms with Crippen molar-refractivity contribution in [1.29, 1.82) is 0 Å². The summed E-state index contributed by atoms with van der Waals surface area (Å²) in [6.07, 6.45) is 1.12. The number of aromatic nitrogens is 3. The van der Waals surface area contributed by atoms with E-state index in [9.17, 15) is 27.9 Å². The summed E-state index contributed by atoms with van der Waals surface area (Å²) >= 11 is 0. The first-order valence-corrected chi connectivity index (χ1v) is 10.4. The normalized spacial score (nSPS) is 16.7. The molecule has 0 fully saturated rings. The van der Waals surface area contributed by atoms with Crippen LogP contribution in [-0.2, 0) is 10.3 Å². The van der Waals surface area contributed by atoms with Crippen LogP contribution < -0.4 is 0 Å². The van der Waals surface area contributed by atoms with Crippen molar-refractivity contribution in [2.24, 2.45) is 0 Å². The van der Waals surface area contributed by atoms with Gasteiger partial charge in [0.1, 0.15) is 23.1 Å². The molecule has 1 aliphatic rings. The van der Waals surface area contributed by atoms with Crippen LogP contribution in [0.1, 0.15) is 40.3 Å². The van der Waals surface area contributed by atoms with Crippen molar-refractivity contribution >= 4 is 11.8 Å². The number of carbonyl (C=O) groups excluding carboxylic acids is 2. The average molecular weight is 483 g/mol. The Morgan fingerprint density at radius 1 is 1.17 bits per heavy atom. The van der Waals surface area contributed by atoms with Crippen molar-refractivity contribution in [3.8, 4) is 28.3 Å². The van der Waals surface area contributed by atoms with Crippen LogP contribution >= 0.6 is 0 Å². The number of hydrogen-bond donors (Lipinski definition) is 1. The van der Waals surface area contributed by atoms with E-state index in [1.54, 1.807) is 6.92 Å². The van der Waals surface area contributed by atoms with Crippen LogP contribution in [0.25, 0.3) is 28.3 Å². The summed E-state index contributed by atoms with van der Waals surface area (Å²) in [5, 5.41) is 18.9. The predicted molar refractivity (Wildman–Crippen MR) is 114 cm³/mol. The van der Waals surface area contributed by atoms with E-state index in [0.29, 0.717) is 6.07 Å². The average Bonchev–Trinajstić information content (AvgIpc) is 3.41. The van der Waals surface area contributed by atoms with E-state index in [1.165, 1.54) is 19.1 Å². The molecule has 8 nitrogen and oxygen atoms in total. The molecule has 1 N–H and O–H groups in total. The van der Waals surface area contributed by atoms with Crippen molar-refractivity contribution < 1.29 is 37.1 Å². The highest BCUT2D eigenvalue weighted by molar-refractivity contribution is 6.15. The Morgan fingerprint density at radius 3 is 2.57 bits per heavy atom. The molecule has 0 radical (unpaired) electrons.